The van der Waals surface area contributed by atoms with Gasteiger partial charge in [-0.25, -0.2) is 4.79 Å². The predicted molar refractivity (Wildman–Crippen MR) is 120 cm³/mol. The van der Waals surface area contributed by atoms with E-state index >= 15 is 0 Å². The summed E-state index contributed by atoms with van der Waals surface area (Å²) >= 11 is 0. The van der Waals surface area contributed by atoms with E-state index in [1.54, 1.807) is 18.4 Å². The number of carbonyl (C=O) groups excluding carboxylic acids is 1. The first-order chi connectivity index (χ1) is 15.0. The second kappa shape index (κ2) is 7.86. The number of fused-ring (bicyclic) bond motifs is 3. The molecule has 2 aliphatic heterocycles. The van der Waals surface area contributed by atoms with Crippen LogP contribution >= 0.6 is 0 Å². The fourth-order valence-electron chi connectivity index (χ4n) is 5.28. The number of hydrogen-bond donors (Lipinski definition) is 1. The maximum atomic E-state index is 13.3. The number of nitrogens with one attached hydrogen (secondary N) is 1. The zero-order valence-corrected chi connectivity index (χ0v) is 18.8. The van der Waals surface area contributed by atoms with E-state index in [0.717, 1.165) is 34.8 Å². The lowest BCUT2D eigenvalue weighted by Gasteiger charge is -2.46. The highest BCUT2D eigenvalue weighted by molar-refractivity contribution is 7.84. The largest absolute Gasteiger partial charge is 0.486 e. The van der Waals surface area contributed by atoms with Crippen LogP contribution in [0.25, 0.3) is 0 Å². The molecule has 164 valence electrons. The maximum Gasteiger partial charge on any atom is 0.322 e. The number of urea groups is 1. The molecule has 31 heavy (non-hydrogen) atoms. The summed E-state index contributed by atoms with van der Waals surface area (Å²) in [7, 11) is -1.04. The number of anilines is 1. The zero-order chi connectivity index (χ0) is 21.6. The van der Waals surface area contributed by atoms with Gasteiger partial charge in [0.05, 0.1) is 6.04 Å². The van der Waals surface area contributed by atoms with Crippen molar-refractivity contribution in [1.82, 2.24) is 4.90 Å². The summed E-state index contributed by atoms with van der Waals surface area (Å²) in [6, 6.07) is 11.3. The van der Waals surface area contributed by atoms with Crippen molar-refractivity contribution in [1.29, 1.82) is 0 Å². The molecule has 1 spiro atoms. The first kappa shape index (κ1) is 20.4. The van der Waals surface area contributed by atoms with Gasteiger partial charge >= 0.3 is 6.03 Å². The van der Waals surface area contributed by atoms with Crippen molar-refractivity contribution >= 4 is 22.5 Å². The van der Waals surface area contributed by atoms with Gasteiger partial charge in [-0.1, -0.05) is 12.8 Å². The van der Waals surface area contributed by atoms with E-state index in [1.165, 1.54) is 18.4 Å². The minimum absolute atomic E-state index is 0.0298. The molecule has 0 bridgehead atoms. The molecule has 2 atom stereocenters. The van der Waals surface area contributed by atoms with Crippen molar-refractivity contribution in [2.75, 3.05) is 31.3 Å². The van der Waals surface area contributed by atoms with Crippen molar-refractivity contribution < 1.29 is 18.5 Å². The molecule has 2 amide bonds. The van der Waals surface area contributed by atoms with Crippen LogP contribution in [0.4, 0.5) is 10.5 Å². The van der Waals surface area contributed by atoms with E-state index in [-0.39, 0.29) is 17.5 Å². The Hall–Kier alpha value is -2.54. The maximum absolute atomic E-state index is 13.3. The van der Waals surface area contributed by atoms with E-state index in [0.29, 0.717) is 25.4 Å². The lowest BCUT2D eigenvalue weighted by molar-refractivity contribution is 0.149. The highest BCUT2D eigenvalue weighted by Gasteiger charge is 2.46. The summed E-state index contributed by atoms with van der Waals surface area (Å²) in [5, 5.41) is 3.04. The number of hydrogen-bond acceptors (Lipinski definition) is 4. The third kappa shape index (κ3) is 3.59. The molecule has 5 rings (SSSR count). The van der Waals surface area contributed by atoms with Gasteiger partial charge in [0.1, 0.15) is 13.2 Å². The second-order valence-corrected chi connectivity index (χ2v) is 10.2. The van der Waals surface area contributed by atoms with Gasteiger partial charge in [-0.2, -0.15) is 0 Å². The van der Waals surface area contributed by atoms with Crippen molar-refractivity contribution in [3.63, 3.8) is 0 Å². The van der Waals surface area contributed by atoms with Gasteiger partial charge in [0.15, 0.2) is 11.5 Å². The van der Waals surface area contributed by atoms with Crippen LogP contribution in [-0.2, 0) is 16.2 Å². The van der Waals surface area contributed by atoms with Gasteiger partial charge < -0.3 is 19.7 Å². The monoisotopic (exact) mass is 440 g/mol. The quantitative estimate of drug-likeness (QED) is 0.740. The standard InChI is InChI=1S/C24H28N2O4S/c1-16-19-13-21-22(30-12-11-29-21)14-20(19)24(9-3-4-10-24)15-26(16)23(27)25-17-5-7-18(8-6-17)31(2)28/h5-8,13-14,16H,3-4,9-12,15H2,1-2H3,(H,25,27). The third-order valence-electron chi connectivity index (χ3n) is 6.94. The molecule has 2 unspecified atom stereocenters. The summed E-state index contributed by atoms with van der Waals surface area (Å²) in [4.78, 5) is 16.0. The average Bonchev–Trinajstić information content (AvgIpc) is 3.25. The van der Waals surface area contributed by atoms with Gasteiger partial charge in [0, 0.05) is 39.6 Å². The molecule has 2 aromatic carbocycles. The Morgan fingerprint density at radius 3 is 2.39 bits per heavy atom. The zero-order valence-electron chi connectivity index (χ0n) is 18.0. The normalized spacial score (nSPS) is 22.1. The number of amides is 2. The van der Waals surface area contributed by atoms with Crippen molar-refractivity contribution in [2.24, 2.45) is 0 Å². The smallest absolute Gasteiger partial charge is 0.322 e. The average molecular weight is 441 g/mol. The topological polar surface area (TPSA) is 67.9 Å². The van der Waals surface area contributed by atoms with Gasteiger partial charge in [-0.15, -0.1) is 0 Å². The number of nitrogens with zero attached hydrogens (tertiary/aromatic N) is 1. The molecular formula is C24H28N2O4S. The predicted octanol–water partition coefficient (Wildman–Crippen LogP) is 4.62. The summed E-state index contributed by atoms with van der Waals surface area (Å²) in [5.74, 6) is 1.60. The summed E-state index contributed by atoms with van der Waals surface area (Å²) in [5.41, 5.74) is 3.16. The molecule has 2 heterocycles. The second-order valence-electron chi connectivity index (χ2n) is 8.78. The number of carbonyl (C=O) groups is 1. The Labute approximate surface area is 185 Å². The first-order valence-electron chi connectivity index (χ1n) is 10.9. The SMILES string of the molecule is CC1c2cc3c(cc2C2(CCCC2)CN1C(=O)Nc1ccc(S(C)=O)cc1)OCCO3. The summed E-state index contributed by atoms with van der Waals surface area (Å²) < 4.78 is 23.3. The molecular weight excluding hydrogens is 412 g/mol. The van der Waals surface area contributed by atoms with E-state index < -0.39 is 10.8 Å². The lowest BCUT2D eigenvalue weighted by atomic mass is 9.71. The van der Waals surface area contributed by atoms with Crippen LogP contribution in [0.1, 0.15) is 49.8 Å². The minimum Gasteiger partial charge on any atom is -0.486 e. The molecule has 0 saturated heterocycles. The fourth-order valence-corrected chi connectivity index (χ4v) is 5.80. The Kier molecular flexibility index (Phi) is 5.16. The highest BCUT2D eigenvalue weighted by Crippen LogP contribution is 2.52. The van der Waals surface area contributed by atoms with Gasteiger partial charge in [0.2, 0.25) is 0 Å². The van der Waals surface area contributed by atoms with Crippen LogP contribution in [-0.4, -0.2) is 41.2 Å². The van der Waals surface area contributed by atoms with Crippen LogP contribution in [0.2, 0.25) is 0 Å². The lowest BCUT2D eigenvalue weighted by Crippen LogP contribution is -2.50. The van der Waals surface area contributed by atoms with Crippen LogP contribution < -0.4 is 14.8 Å². The Morgan fingerprint density at radius 2 is 1.74 bits per heavy atom. The molecule has 6 nitrogen and oxygen atoms in total. The summed E-state index contributed by atoms with van der Waals surface area (Å²) in [6.07, 6.45) is 6.15. The molecule has 1 aliphatic carbocycles. The Morgan fingerprint density at radius 1 is 1.10 bits per heavy atom. The van der Waals surface area contributed by atoms with Crippen molar-refractivity contribution in [3.05, 3.63) is 47.5 Å². The van der Waals surface area contributed by atoms with E-state index in [1.807, 2.05) is 17.0 Å². The molecule has 1 saturated carbocycles. The minimum atomic E-state index is -1.04. The molecule has 1 fully saturated rings. The van der Waals surface area contributed by atoms with Gasteiger partial charge in [-0.05, 0) is 67.3 Å². The van der Waals surface area contributed by atoms with Crippen molar-refractivity contribution in [3.8, 4) is 11.5 Å². The third-order valence-corrected chi connectivity index (χ3v) is 7.87. The van der Waals surface area contributed by atoms with Crippen LogP contribution in [0.5, 0.6) is 11.5 Å². The van der Waals surface area contributed by atoms with E-state index in [2.05, 4.69) is 24.4 Å². The molecule has 1 N–H and O–H groups in total. The number of rotatable bonds is 2. The molecule has 2 aromatic rings. The Bertz CT molecular complexity index is 1030. The number of benzene rings is 2. The van der Waals surface area contributed by atoms with Crippen LogP contribution in [0, 0.1) is 0 Å². The van der Waals surface area contributed by atoms with Crippen molar-refractivity contribution in [2.45, 2.75) is 49.0 Å². The molecule has 3 aliphatic rings. The Balaban J connectivity index is 1.46. The molecule has 0 aromatic heterocycles. The van der Waals surface area contributed by atoms with Gasteiger partial charge in [0.25, 0.3) is 0 Å². The van der Waals surface area contributed by atoms with E-state index in [4.69, 9.17) is 9.47 Å². The molecule has 0 radical (unpaired) electrons. The highest BCUT2D eigenvalue weighted by atomic mass is 32.2. The number of ether oxygens (including phenoxy) is 2. The molecule has 7 heteroatoms. The van der Waals surface area contributed by atoms with Crippen LogP contribution in [0.15, 0.2) is 41.3 Å². The fraction of sp³-hybridized carbons (Fsp3) is 0.458. The van der Waals surface area contributed by atoms with Gasteiger partial charge in [-0.3, -0.25) is 4.21 Å². The summed E-state index contributed by atoms with van der Waals surface area (Å²) in [6.45, 7) is 3.91. The van der Waals surface area contributed by atoms with Crippen LogP contribution in [0.3, 0.4) is 0 Å². The van der Waals surface area contributed by atoms with E-state index in [9.17, 15) is 9.00 Å². The first-order valence-corrected chi connectivity index (χ1v) is 12.5.